The summed E-state index contributed by atoms with van der Waals surface area (Å²) in [7, 11) is 4.12. The van der Waals surface area contributed by atoms with Gasteiger partial charge < -0.3 is 10.0 Å². The molecule has 0 aliphatic heterocycles. The predicted molar refractivity (Wildman–Crippen MR) is 98.4 cm³/mol. The van der Waals surface area contributed by atoms with Crippen LogP contribution in [0.2, 0.25) is 0 Å². The zero-order chi connectivity index (χ0) is 17.2. The van der Waals surface area contributed by atoms with Crippen molar-refractivity contribution in [2.75, 3.05) is 14.1 Å². The maximum absolute atomic E-state index is 11.9. The van der Waals surface area contributed by atoms with Gasteiger partial charge in [0.1, 0.15) is 5.60 Å². The van der Waals surface area contributed by atoms with Crippen LogP contribution in [0.25, 0.3) is 0 Å². The number of rotatable bonds is 5. The third-order valence-electron chi connectivity index (χ3n) is 4.85. The molecule has 123 valence electrons. The molecule has 5 radical (unpaired) electrons. The number of nitrogens with zero attached hydrogens (tertiary/aromatic N) is 1. The molecule has 0 saturated heterocycles. The Morgan fingerprint density at radius 3 is 1.79 bits per heavy atom. The fraction of sp³-hybridized carbons (Fsp3) is 0.227. The fourth-order valence-corrected chi connectivity index (χ4v) is 3.24. The highest BCUT2D eigenvalue weighted by atomic mass is 16.3. The Hall–Kier alpha value is -1.64. The minimum Gasteiger partial charge on any atom is -0.380 e. The first-order valence-corrected chi connectivity index (χ1v) is 8.31. The van der Waals surface area contributed by atoms with E-state index < -0.39 is 5.60 Å². The summed E-state index contributed by atoms with van der Waals surface area (Å²) in [6.45, 7) is 2.16. The zero-order valence-corrected chi connectivity index (χ0v) is 14.5. The Labute approximate surface area is 146 Å². The summed E-state index contributed by atoms with van der Waals surface area (Å²) < 4.78 is 0. The summed E-state index contributed by atoms with van der Waals surface area (Å²) >= 11 is 0. The molecule has 0 amide bonds. The molecule has 1 fully saturated rings. The van der Waals surface area contributed by atoms with Gasteiger partial charge in [-0.3, -0.25) is 0 Å². The lowest BCUT2D eigenvalue weighted by molar-refractivity contribution is 0.0975. The van der Waals surface area contributed by atoms with E-state index in [9.17, 15) is 5.11 Å². The largest absolute Gasteiger partial charge is 0.380 e. The molecular weight excluding hydrogens is 294 g/mol. The third kappa shape index (κ3) is 3.01. The van der Waals surface area contributed by atoms with Gasteiger partial charge in [0, 0.05) is 17.9 Å². The van der Waals surface area contributed by atoms with Crippen molar-refractivity contribution in [2.24, 2.45) is 0 Å². The van der Waals surface area contributed by atoms with Crippen LogP contribution >= 0.6 is 0 Å². The molecule has 2 aromatic carbocycles. The molecule has 2 heteroatoms. The molecule has 1 N–H and O–H groups in total. The first-order valence-electron chi connectivity index (χ1n) is 8.31. The summed E-state index contributed by atoms with van der Waals surface area (Å²) in [4.78, 5) is 2.16. The maximum Gasteiger partial charge on any atom is 0.122 e. The van der Waals surface area contributed by atoms with Crippen LogP contribution in [0.15, 0.2) is 60.7 Å². The van der Waals surface area contributed by atoms with Crippen LogP contribution in [0.4, 0.5) is 0 Å². The number of aliphatic hydroxyl groups is 1. The summed E-state index contributed by atoms with van der Waals surface area (Å²) in [6.07, 6.45) is 6.17. The van der Waals surface area contributed by atoms with E-state index in [0.717, 1.165) is 23.0 Å². The summed E-state index contributed by atoms with van der Waals surface area (Å²) in [5, 5.41) is 11.9. The van der Waals surface area contributed by atoms with Crippen LogP contribution in [0.3, 0.4) is 0 Å². The van der Waals surface area contributed by atoms with Gasteiger partial charge in [-0.15, -0.1) is 0 Å². The van der Waals surface area contributed by atoms with Crippen LogP contribution in [0.5, 0.6) is 0 Å². The van der Waals surface area contributed by atoms with Crippen molar-refractivity contribution in [1.29, 1.82) is 0 Å². The van der Waals surface area contributed by atoms with Gasteiger partial charge in [-0.05, 0) is 51.4 Å². The topological polar surface area (TPSA) is 23.5 Å². The van der Waals surface area contributed by atoms with E-state index in [-0.39, 0.29) is 6.04 Å². The van der Waals surface area contributed by atoms with E-state index in [1.54, 1.807) is 0 Å². The lowest BCUT2D eigenvalue weighted by Crippen LogP contribution is -2.42. The molecule has 0 bridgehead atoms. The molecule has 1 atom stereocenters. The second-order valence-corrected chi connectivity index (χ2v) is 6.48. The van der Waals surface area contributed by atoms with Crippen LogP contribution in [0.1, 0.15) is 18.1 Å². The minimum atomic E-state index is -1.16. The van der Waals surface area contributed by atoms with Crippen molar-refractivity contribution in [3.05, 3.63) is 103 Å². The van der Waals surface area contributed by atoms with Crippen molar-refractivity contribution in [1.82, 2.24) is 4.90 Å². The average molecular weight is 318 g/mol. The Balaban J connectivity index is 2.09. The standard InChI is InChI=1S/C22H24NO/c1-17(23(2)3)20-15-10-16-21(20)22(24,18-11-6-4-7-12-18)19-13-8-5-9-14-19/h4-17,24H,1-3H3/t17-/m1/s1. The Morgan fingerprint density at radius 1 is 0.833 bits per heavy atom. The molecule has 0 aromatic heterocycles. The molecule has 0 heterocycles. The Kier molecular flexibility index (Phi) is 5.07. The second-order valence-electron chi connectivity index (χ2n) is 6.48. The SMILES string of the molecule is C[C@H]([C]1[CH][CH][CH][C]1C(O)(c1ccccc1)c1ccccc1)N(C)C. The summed E-state index contributed by atoms with van der Waals surface area (Å²) in [5.41, 5.74) is 0.607. The third-order valence-corrected chi connectivity index (χ3v) is 4.85. The van der Waals surface area contributed by atoms with Crippen LogP contribution in [-0.2, 0) is 5.60 Å². The highest BCUT2D eigenvalue weighted by Crippen LogP contribution is 2.50. The van der Waals surface area contributed by atoms with E-state index in [1.807, 2.05) is 73.5 Å². The quantitative estimate of drug-likeness (QED) is 0.909. The molecule has 3 rings (SSSR count). The predicted octanol–water partition coefficient (Wildman–Crippen LogP) is 3.65. The van der Waals surface area contributed by atoms with Crippen molar-refractivity contribution < 1.29 is 5.11 Å². The lowest BCUT2D eigenvalue weighted by Gasteiger charge is -2.40. The second kappa shape index (κ2) is 7.08. The van der Waals surface area contributed by atoms with Crippen molar-refractivity contribution in [3.8, 4) is 0 Å². The van der Waals surface area contributed by atoms with E-state index in [1.165, 1.54) is 0 Å². The smallest absolute Gasteiger partial charge is 0.122 e. The van der Waals surface area contributed by atoms with Crippen LogP contribution in [-0.4, -0.2) is 30.1 Å². The van der Waals surface area contributed by atoms with Gasteiger partial charge in [0.25, 0.3) is 0 Å². The van der Waals surface area contributed by atoms with Gasteiger partial charge in [-0.2, -0.15) is 0 Å². The highest BCUT2D eigenvalue weighted by molar-refractivity contribution is 5.58. The van der Waals surface area contributed by atoms with Crippen LogP contribution < -0.4 is 0 Å². The molecule has 2 aromatic rings. The number of hydrogen-bond acceptors (Lipinski definition) is 2. The minimum absolute atomic E-state index is 0.217. The average Bonchev–Trinajstić information content (AvgIpc) is 3.12. The van der Waals surface area contributed by atoms with E-state index in [4.69, 9.17) is 0 Å². The monoisotopic (exact) mass is 318 g/mol. The lowest BCUT2D eigenvalue weighted by atomic mass is 9.70. The van der Waals surface area contributed by atoms with Crippen molar-refractivity contribution in [3.63, 3.8) is 0 Å². The highest BCUT2D eigenvalue weighted by Gasteiger charge is 2.49. The zero-order valence-electron chi connectivity index (χ0n) is 14.5. The number of hydrogen-bond donors (Lipinski definition) is 1. The van der Waals surface area contributed by atoms with Crippen LogP contribution in [0, 0.1) is 31.1 Å². The first-order chi connectivity index (χ1) is 11.5. The molecular formula is C22H24NO. The fourth-order valence-electron chi connectivity index (χ4n) is 3.24. The molecule has 0 unspecified atom stereocenters. The van der Waals surface area contributed by atoms with E-state index in [0.29, 0.717) is 0 Å². The number of benzene rings is 2. The van der Waals surface area contributed by atoms with Gasteiger partial charge in [0.15, 0.2) is 0 Å². The van der Waals surface area contributed by atoms with E-state index >= 15 is 0 Å². The van der Waals surface area contributed by atoms with E-state index in [2.05, 4.69) is 32.3 Å². The Bertz CT molecular complexity index is 598. The molecule has 2 nitrogen and oxygen atoms in total. The summed E-state index contributed by atoms with van der Waals surface area (Å²) in [6, 6.07) is 20.0. The van der Waals surface area contributed by atoms with Gasteiger partial charge in [-0.1, -0.05) is 60.7 Å². The molecule has 1 saturated carbocycles. The molecule has 1 aliphatic rings. The normalized spacial score (nSPS) is 18.2. The van der Waals surface area contributed by atoms with Gasteiger partial charge in [0.05, 0.1) is 0 Å². The molecule has 1 aliphatic carbocycles. The van der Waals surface area contributed by atoms with Crippen molar-refractivity contribution in [2.45, 2.75) is 18.6 Å². The van der Waals surface area contributed by atoms with Crippen molar-refractivity contribution >= 4 is 0 Å². The van der Waals surface area contributed by atoms with Gasteiger partial charge in [-0.25, -0.2) is 0 Å². The first kappa shape index (κ1) is 17.2. The summed E-state index contributed by atoms with van der Waals surface area (Å²) in [5.74, 6) is 2.09. The van der Waals surface area contributed by atoms with Gasteiger partial charge in [0.2, 0.25) is 0 Å². The van der Waals surface area contributed by atoms with Gasteiger partial charge >= 0.3 is 0 Å². The molecule has 24 heavy (non-hydrogen) atoms. The maximum atomic E-state index is 11.9. The Morgan fingerprint density at radius 2 is 1.33 bits per heavy atom. The molecule has 0 spiro atoms.